The summed E-state index contributed by atoms with van der Waals surface area (Å²) in [4.78, 5) is 38.8. The molecule has 9 nitrogen and oxygen atoms in total. The van der Waals surface area contributed by atoms with Crippen molar-refractivity contribution < 1.29 is 18.9 Å². The standard InChI is InChI=1S/C26H27N5O4/c1-34-28-21-15-22(25-27-23(29-35-25)16-24(32)30-13-5-6-14-30)31(17-21)26(33)20-11-9-19(10-12-20)18-7-3-2-4-8-18/h2-4,7-12,22H,5-6,13-17H2,1H3. The minimum Gasteiger partial charge on any atom is -0.399 e. The zero-order valence-corrected chi connectivity index (χ0v) is 19.6. The van der Waals surface area contributed by atoms with E-state index in [4.69, 9.17) is 9.36 Å². The van der Waals surface area contributed by atoms with Crippen LogP contribution in [0.5, 0.6) is 0 Å². The lowest BCUT2D eigenvalue weighted by atomic mass is 10.0. The number of hydrogen-bond donors (Lipinski definition) is 0. The molecule has 0 bridgehead atoms. The van der Waals surface area contributed by atoms with Gasteiger partial charge in [-0.05, 0) is 36.1 Å². The first kappa shape index (κ1) is 22.8. The van der Waals surface area contributed by atoms with Crippen molar-refractivity contribution in [1.29, 1.82) is 0 Å². The van der Waals surface area contributed by atoms with Crippen LogP contribution >= 0.6 is 0 Å². The lowest BCUT2D eigenvalue weighted by Gasteiger charge is -2.21. The van der Waals surface area contributed by atoms with Crippen molar-refractivity contribution >= 4 is 17.5 Å². The number of benzene rings is 2. The van der Waals surface area contributed by atoms with Crippen LogP contribution in [0.15, 0.2) is 64.3 Å². The van der Waals surface area contributed by atoms with E-state index in [0.29, 0.717) is 36.0 Å². The molecule has 3 heterocycles. The molecule has 3 aromatic rings. The molecule has 2 saturated heterocycles. The fraction of sp³-hybridized carbons (Fsp3) is 0.346. The van der Waals surface area contributed by atoms with Gasteiger partial charge in [-0.2, -0.15) is 4.98 Å². The highest BCUT2D eigenvalue weighted by atomic mass is 16.6. The molecule has 2 aliphatic rings. The van der Waals surface area contributed by atoms with E-state index in [1.54, 1.807) is 4.90 Å². The van der Waals surface area contributed by atoms with E-state index in [1.807, 2.05) is 59.5 Å². The smallest absolute Gasteiger partial charge is 0.254 e. The molecule has 0 spiro atoms. The molecule has 0 aliphatic carbocycles. The average Bonchev–Trinajstić information content (AvgIpc) is 3.66. The van der Waals surface area contributed by atoms with E-state index in [-0.39, 0.29) is 18.2 Å². The third-order valence-electron chi connectivity index (χ3n) is 6.42. The van der Waals surface area contributed by atoms with Crippen LogP contribution in [-0.4, -0.2) is 64.2 Å². The van der Waals surface area contributed by atoms with Crippen LogP contribution in [0.3, 0.4) is 0 Å². The second-order valence-electron chi connectivity index (χ2n) is 8.75. The van der Waals surface area contributed by atoms with Gasteiger partial charge in [-0.3, -0.25) is 9.59 Å². The van der Waals surface area contributed by atoms with Gasteiger partial charge in [0.1, 0.15) is 13.2 Å². The summed E-state index contributed by atoms with van der Waals surface area (Å²) in [6, 6.07) is 17.0. The zero-order chi connectivity index (χ0) is 24.2. The number of oxime groups is 1. The van der Waals surface area contributed by atoms with Crippen LogP contribution in [0.2, 0.25) is 0 Å². The largest absolute Gasteiger partial charge is 0.399 e. The third-order valence-corrected chi connectivity index (χ3v) is 6.42. The molecular weight excluding hydrogens is 446 g/mol. The average molecular weight is 474 g/mol. The summed E-state index contributed by atoms with van der Waals surface area (Å²) in [5.41, 5.74) is 3.38. The summed E-state index contributed by atoms with van der Waals surface area (Å²) < 4.78 is 5.51. The molecule has 0 radical (unpaired) electrons. The molecule has 2 aliphatic heterocycles. The molecular formula is C26H27N5O4. The van der Waals surface area contributed by atoms with Crippen molar-refractivity contribution in [2.75, 3.05) is 26.7 Å². The summed E-state index contributed by atoms with van der Waals surface area (Å²) in [6.45, 7) is 1.84. The van der Waals surface area contributed by atoms with Crippen molar-refractivity contribution in [2.45, 2.75) is 31.7 Å². The topological polar surface area (TPSA) is 101 Å². The number of hydrogen-bond acceptors (Lipinski definition) is 7. The lowest BCUT2D eigenvalue weighted by molar-refractivity contribution is -0.129. The molecule has 2 aromatic carbocycles. The van der Waals surface area contributed by atoms with E-state index in [0.717, 1.165) is 37.1 Å². The van der Waals surface area contributed by atoms with Crippen LogP contribution in [0.1, 0.15) is 47.4 Å². The fourth-order valence-electron chi connectivity index (χ4n) is 4.62. The maximum Gasteiger partial charge on any atom is 0.254 e. The van der Waals surface area contributed by atoms with Gasteiger partial charge in [-0.25, -0.2) is 0 Å². The number of amides is 2. The Hall–Kier alpha value is -4.01. The van der Waals surface area contributed by atoms with Crippen LogP contribution in [0.4, 0.5) is 0 Å². The van der Waals surface area contributed by atoms with Crippen molar-refractivity contribution in [1.82, 2.24) is 19.9 Å². The van der Waals surface area contributed by atoms with Gasteiger partial charge < -0.3 is 19.2 Å². The van der Waals surface area contributed by atoms with Crippen molar-refractivity contribution in [3.8, 4) is 11.1 Å². The van der Waals surface area contributed by atoms with E-state index in [1.165, 1.54) is 7.11 Å². The first-order valence-corrected chi connectivity index (χ1v) is 11.8. The Balaban J connectivity index is 1.34. The van der Waals surface area contributed by atoms with Gasteiger partial charge in [0.05, 0.1) is 18.7 Å². The highest BCUT2D eigenvalue weighted by Crippen LogP contribution is 2.32. The SMILES string of the molecule is CON=C1CC(c2nc(CC(=O)N3CCCC3)no2)N(C(=O)c2ccc(-c3ccccc3)cc2)C1. The predicted octanol–water partition coefficient (Wildman–Crippen LogP) is 3.49. The molecule has 0 saturated carbocycles. The van der Waals surface area contributed by atoms with Crippen molar-refractivity contribution in [3.05, 3.63) is 71.9 Å². The summed E-state index contributed by atoms with van der Waals surface area (Å²) in [6.07, 6.45) is 2.56. The second-order valence-corrected chi connectivity index (χ2v) is 8.75. The maximum atomic E-state index is 13.5. The molecule has 9 heteroatoms. The summed E-state index contributed by atoms with van der Waals surface area (Å²) in [5.74, 6) is 0.455. The molecule has 0 N–H and O–H groups in total. The van der Waals surface area contributed by atoms with E-state index >= 15 is 0 Å². The first-order valence-electron chi connectivity index (χ1n) is 11.8. The molecule has 1 unspecified atom stereocenters. The summed E-state index contributed by atoms with van der Waals surface area (Å²) >= 11 is 0. The minimum absolute atomic E-state index is 0.00524. The molecule has 35 heavy (non-hydrogen) atoms. The van der Waals surface area contributed by atoms with E-state index in [2.05, 4.69) is 15.3 Å². The molecule has 2 amide bonds. The summed E-state index contributed by atoms with van der Waals surface area (Å²) in [7, 11) is 1.48. The predicted molar refractivity (Wildman–Crippen MR) is 129 cm³/mol. The second kappa shape index (κ2) is 10.1. The van der Waals surface area contributed by atoms with Gasteiger partial charge in [-0.1, -0.05) is 52.8 Å². The Morgan fingerprint density at radius 2 is 1.77 bits per heavy atom. The normalized spacial score (nSPS) is 18.9. The van der Waals surface area contributed by atoms with Crippen LogP contribution in [-0.2, 0) is 16.1 Å². The number of nitrogens with zero attached hydrogens (tertiary/aromatic N) is 5. The Kier molecular flexibility index (Phi) is 6.56. The quantitative estimate of drug-likeness (QED) is 0.508. The molecule has 180 valence electrons. The first-order chi connectivity index (χ1) is 17.1. The van der Waals surface area contributed by atoms with Crippen molar-refractivity contribution in [3.63, 3.8) is 0 Å². The van der Waals surface area contributed by atoms with E-state index < -0.39 is 6.04 Å². The van der Waals surface area contributed by atoms with Crippen LogP contribution < -0.4 is 0 Å². The van der Waals surface area contributed by atoms with Gasteiger partial charge >= 0.3 is 0 Å². The zero-order valence-electron chi connectivity index (χ0n) is 19.6. The minimum atomic E-state index is -0.478. The van der Waals surface area contributed by atoms with Gasteiger partial charge in [0, 0.05) is 25.1 Å². The monoisotopic (exact) mass is 473 g/mol. The van der Waals surface area contributed by atoms with Crippen LogP contribution in [0.25, 0.3) is 11.1 Å². The molecule has 1 atom stereocenters. The lowest BCUT2D eigenvalue weighted by Crippen LogP contribution is -2.31. The highest BCUT2D eigenvalue weighted by Gasteiger charge is 2.38. The summed E-state index contributed by atoms with van der Waals surface area (Å²) in [5, 5.41) is 8.07. The van der Waals surface area contributed by atoms with Gasteiger partial charge in [0.2, 0.25) is 11.8 Å². The molecule has 1 aromatic heterocycles. The van der Waals surface area contributed by atoms with E-state index in [9.17, 15) is 9.59 Å². The van der Waals surface area contributed by atoms with Crippen molar-refractivity contribution in [2.24, 2.45) is 5.16 Å². The van der Waals surface area contributed by atoms with Crippen LogP contribution in [0, 0.1) is 0 Å². The van der Waals surface area contributed by atoms with Gasteiger partial charge in [0.25, 0.3) is 5.91 Å². The Bertz CT molecular complexity index is 1220. The van der Waals surface area contributed by atoms with Gasteiger partial charge in [0.15, 0.2) is 5.82 Å². The Morgan fingerprint density at radius 3 is 2.49 bits per heavy atom. The number of likely N-dealkylation sites (tertiary alicyclic amines) is 2. The van der Waals surface area contributed by atoms with Gasteiger partial charge in [-0.15, -0.1) is 0 Å². The number of rotatable bonds is 6. The molecule has 5 rings (SSSR count). The third kappa shape index (κ3) is 4.94. The number of carbonyl (C=O) groups is 2. The fourth-order valence-corrected chi connectivity index (χ4v) is 4.62. The molecule has 2 fully saturated rings. The number of aromatic nitrogens is 2. The highest BCUT2D eigenvalue weighted by molar-refractivity contribution is 6.00. The Morgan fingerprint density at radius 1 is 1.06 bits per heavy atom. The Labute approximate surface area is 203 Å². The number of carbonyl (C=O) groups excluding carboxylic acids is 2. The maximum absolute atomic E-state index is 13.5.